The van der Waals surface area contributed by atoms with Gasteiger partial charge < -0.3 is 19.8 Å². The summed E-state index contributed by atoms with van der Waals surface area (Å²) in [5.41, 5.74) is 2.40. The Morgan fingerprint density at radius 2 is 1.81 bits per heavy atom. The van der Waals surface area contributed by atoms with Crippen LogP contribution in [0.4, 0.5) is 0 Å². The van der Waals surface area contributed by atoms with Crippen LogP contribution in [-0.2, 0) is 16.0 Å². The molecule has 0 aliphatic rings. The molecule has 31 heavy (non-hydrogen) atoms. The summed E-state index contributed by atoms with van der Waals surface area (Å²) in [5.74, 6) is -0.0409. The molecule has 164 valence electrons. The zero-order valence-electron chi connectivity index (χ0n) is 18.1. The molecule has 2 aromatic carbocycles. The Morgan fingerprint density at radius 1 is 1.03 bits per heavy atom. The van der Waals surface area contributed by atoms with Gasteiger partial charge in [0.1, 0.15) is 11.8 Å². The number of esters is 1. The molecule has 0 fully saturated rings. The summed E-state index contributed by atoms with van der Waals surface area (Å²) >= 11 is 0. The third-order valence-corrected chi connectivity index (χ3v) is 5.11. The van der Waals surface area contributed by atoms with Crippen molar-refractivity contribution < 1.29 is 19.1 Å². The van der Waals surface area contributed by atoms with Crippen LogP contribution >= 0.6 is 0 Å². The van der Waals surface area contributed by atoms with Crippen molar-refractivity contribution in [2.45, 2.75) is 45.6 Å². The van der Waals surface area contributed by atoms with E-state index in [-0.39, 0.29) is 12.5 Å². The third-order valence-electron chi connectivity index (χ3n) is 5.11. The number of aromatic amines is 1. The highest BCUT2D eigenvalue weighted by atomic mass is 16.5. The normalized spacial score (nSPS) is 11.8. The molecule has 6 heteroatoms. The van der Waals surface area contributed by atoms with E-state index in [1.54, 1.807) is 31.2 Å². The minimum absolute atomic E-state index is 0.253. The van der Waals surface area contributed by atoms with Crippen molar-refractivity contribution in [2.24, 2.45) is 0 Å². The van der Waals surface area contributed by atoms with E-state index in [2.05, 4.69) is 17.2 Å². The molecule has 0 saturated carbocycles. The molecule has 1 atom stereocenters. The van der Waals surface area contributed by atoms with E-state index in [1.165, 1.54) is 0 Å². The van der Waals surface area contributed by atoms with Crippen LogP contribution in [0.25, 0.3) is 10.9 Å². The number of hydrogen-bond donors (Lipinski definition) is 2. The van der Waals surface area contributed by atoms with Gasteiger partial charge in [-0.15, -0.1) is 0 Å². The third kappa shape index (κ3) is 6.10. The van der Waals surface area contributed by atoms with Gasteiger partial charge in [0.15, 0.2) is 0 Å². The molecule has 0 spiro atoms. The molecule has 0 unspecified atom stereocenters. The predicted octanol–water partition coefficient (Wildman–Crippen LogP) is 4.64. The molecule has 1 heterocycles. The van der Waals surface area contributed by atoms with Gasteiger partial charge in [-0.2, -0.15) is 0 Å². The number of carbonyl (C=O) groups excluding carboxylic acids is 2. The molecule has 2 N–H and O–H groups in total. The molecule has 0 radical (unpaired) electrons. The van der Waals surface area contributed by atoms with Crippen molar-refractivity contribution in [3.05, 3.63) is 65.9 Å². The van der Waals surface area contributed by atoms with Gasteiger partial charge >= 0.3 is 5.97 Å². The largest absolute Gasteiger partial charge is 0.494 e. The monoisotopic (exact) mass is 422 g/mol. The molecule has 3 rings (SSSR count). The molecule has 3 aromatic rings. The Labute approximate surface area is 182 Å². The number of fused-ring (bicyclic) bond motifs is 1. The fraction of sp³-hybridized carbons (Fsp3) is 0.360. The Morgan fingerprint density at radius 3 is 2.55 bits per heavy atom. The summed E-state index contributed by atoms with van der Waals surface area (Å²) < 4.78 is 10.9. The average molecular weight is 423 g/mol. The maximum absolute atomic E-state index is 12.8. The molecule has 0 saturated heterocycles. The number of para-hydroxylation sites is 1. The average Bonchev–Trinajstić information content (AvgIpc) is 3.20. The van der Waals surface area contributed by atoms with Gasteiger partial charge in [0.05, 0.1) is 13.2 Å². The molecule has 1 aromatic heterocycles. The Bertz CT molecular complexity index is 994. The number of rotatable bonds is 11. The summed E-state index contributed by atoms with van der Waals surface area (Å²) in [5, 5.41) is 3.86. The molecule has 0 bridgehead atoms. The number of aromatic nitrogens is 1. The number of amides is 1. The summed E-state index contributed by atoms with van der Waals surface area (Å²) in [7, 11) is 0. The summed E-state index contributed by atoms with van der Waals surface area (Å²) in [6, 6.07) is 14.1. The molecule has 0 aliphatic heterocycles. The van der Waals surface area contributed by atoms with Crippen LogP contribution in [0.1, 0.15) is 49.0 Å². The van der Waals surface area contributed by atoms with Gasteiger partial charge in [-0.3, -0.25) is 4.79 Å². The minimum atomic E-state index is -0.781. The first kappa shape index (κ1) is 22.4. The van der Waals surface area contributed by atoms with Crippen molar-refractivity contribution in [1.82, 2.24) is 10.3 Å². The summed E-state index contributed by atoms with van der Waals surface area (Å²) in [6.45, 7) is 4.81. The lowest BCUT2D eigenvalue weighted by Gasteiger charge is -2.17. The number of benzene rings is 2. The van der Waals surface area contributed by atoms with Crippen molar-refractivity contribution in [3.63, 3.8) is 0 Å². The standard InChI is InChI=1S/C25H30N2O4/c1-3-5-8-15-31-20-13-11-18(12-14-20)24(28)27-23(25(29)30-4-2)16-19-17-26-22-10-7-6-9-21(19)22/h6-7,9-14,17,23,26H,3-5,8,15-16H2,1-2H3,(H,27,28)/t23-/m0/s1. The number of carbonyl (C=O) groups is 2. The molecular weight excluding hydrogens is 392 g/mol. The fourth-order valence-electron chi connectivity index (χ4n) is 3.44. The van der Waals surface area contributed by atoms with E-state index < -0.39 is 12.0 Å². The molecule has 1 amide bonds. The zero-order chi connectivity index (χ0) is 22.1. The topological polar surface area (TPSA) is 80.4 Å². The van der Waals surface area contributed by atoms with Crippen molar-refractivity contribution >= 4 is 22.8 Å². The van der Waals surface area contributed by atoms with Crippen LogP contribution in [0.3, 0.4) is 0 Å². The maximum atomic E-state index is 12.8. The van der Waals surface area contributed by atoms with E-state index in [0.717, 1.165) is 41.5 Å². The number of hydrogen-bond acceptors (Lipinski definition) is 4. The second-order valence-corrected chi connectivity index (χ2v) is 7.42. The summed E-state index contributed by atoms with van der Waals surface area (Å²) in [4.78, 5) is 28.5. The first-order valence-electron chi connectivity index (χ1n) is 10.9. The van der Waals surface area contributed by atoms with E-state index in [1.807, 2.05) is 30.5 Å². The Kier molecular flexibility index (Phi) is 8.10. The molecule has 0 aliphatic carbocycles. The highest BCUT2D eigenvalue weighted by Crippen LogP contribution is 2.20. The molecular formula is C25H30N2O4. The highest BCUT2D eigenvalue weighted by Gasteiger charge is 2.24. The molecule has 6 nitrogen and oxygen atoms in total. The summed E-state index contributed by atoms with van der Waals surface area (Å²) in [6.07, 6.45) is 5.49. The minimum Gasteiger partial charge on any atom is -0.494 e. The number of ether oxygens (including phenoxy) is 2. The van der Waals surface area contributed by atoms with Gasteiger partial charge in [0.2, 0.25) is 0 Å². The van der Waals surface area contributed by atoms with E-state index >= 15 is 0 Å². The predicted molar refractivity (Wildman–Crippen MR) is 121 cm³/mol. The van der Waals surface area contributed by atoms with Crippen molar-refractivity contribution in [3.8, 4) is 5.75 Å². The first-order valence-corrected chi connectivity index (χ1v) is 10.9. The number of unbranched alkanes of at least 4 members (excludes halogenated alkanes) is 2. The van der Waals surface area contributed by atoms with Gasteiger partial charge in [0, 0.05) is 29.1 Å². The van der Waals surface area contributed by atoms with Crippen molar-refractivity contribution in [2.75, 3.05) is 13.2 Å². The number of nitrogens with one attached hydrogen (secondary N) is 2. The van der Waals surface area contributed by atoms with Gasteiger partial charge in [-0.1, -0.05) is 38.0 Å². The SMILES string of the molecule is CCCCCOc1ccc(C(=O)N[C@@H](Cc2c[nH]c3ccccc23)C(=O)OCC)cc1. The van der Waals surface area contributed by atoms with Gasteiger partial charge in [-0.25, -0.2) is 4.79 Å². The van der Waals surface area contributed by atoms with Gasteiger partial charge in [-0.05, 0) is 49.2 Å². The number of H-pyrrole nitrogens is 1. The van der Waals surface area contributed by atoms with Crippen LogP contribution in [0.5, 0.6) is 5.75 Å². The lowest BCUT2D eigenvalue weighted by Crippen LogP contribution is -2.43. The maximum Gasteiger partial charge on any atom is 0.328 e. The Hall–Kier alpha value is -3.28. The fourth-order valence-corrected chi connectivity index (χ4v) is 3.44. The van der Waals surface area contributed by atoms with Crippen LogP contribution in [-0.4, -0.2) is 36.1 Å². The van der Waals surface area contributed by atoms with Crippen LogP contribution in [0.15, 0.2) is 54.7 Å². The van der Waals surface area contributed by atoms with Crippen LogP contribution in [0, 0.1) is 0 Å². The lowest BCUT2D eigenvalue weighted by atomic mass is 10.0. The van der Waals surface area contributed by atoms with E-state index in [4.69, 9.17) is 9.47 Å². The quantitative estimate of drug-likeness (QED) is 0.348. The van der Waals surface area contributed by atoms with Crippen LogP contribution < -0.4 is 10.1 Å². The van der Waals surface area contributed by atoms with Crippen LogP contribution in [0.2, 0.25) is 0 Å². The lowest BCUT2D eigenvalue weighted by molar-refractivity contribution is -0.145. The van der Waals surface area contributed by atoms with E-state index in [9.17, 15) is 9.59 Å². The van der Waals surface area contributed by atoms with Gasteiger partial charge in [0.25, 0.3) is 5.91 Å². The Balaban J connectivity index is 1.67. The van der Waals surface area contributed by atoms with E-state index in [0.29, 0.717) is 18.6 Å². The highest BCUT2D eigenvalue weighted by molar-refractivity contribution is 5.97. The smallest absolute Gasteiger partial charge is 0.328 e. The van der Waals surface area contributed by atoms with Crippen molar-refractivity contribution in [1.29, 1.82) is 0 Å². The zero-order valence-corrected chi connectivity index (χ0v) is 18.1. The second kappa shape index (κ2) is 11.2. The second-order valence-electron chi connectivity index (χ2n) is 7.42. The first-order chi connectivity index (χ1) is 15.1.